The van der Waals surface area contributed by atoms with Crippen LogP contribution in [0.5, 0.6) is 0 Å². The van der Waals surface area contributed by atoms with Crippen molar-refractivity contribution in [3.8, 4) is 0 Å². The minimum Gasteiger partial charge on any atom is -0.480 e. The standard InChI is InChI=1S/C15H22N2O2/c1-12-4-2-5-13(8-12)10-17-7-3-6-14(11-17)16-9-15(18)19/h2,4-5,8,14,16H,3,6-7,9-11H2,1H3,(H,18,19). The van der Waals surface area contributed by atoms with Gasteiger partial charge in [-0.15, -0.1) is 0 Å². The molecule has 1 fully saturated rings. The molecule has 4 heteroatoms. The van der Waals surface area contributed by atoms with Crippen LogP contribution in [-0.4, -0.2) is 41.7 Å². The molecule has 1 aromatic rings. The van der Waals surface area contributed by atoms with E-state index >= 15 is 0 Å². The van der Waals surface area contributed by atoms with Crippen LogP contribution >= 0.6 is 0 Å². The maximum absolute atomic E-state index is 10.6. The van der Waals surface area contributed by atoms with E-state index in [1.807, 2.05) is 0 Å². The van der Waals surface area contributed by atoms with E-state index in [1.54, 1.807) is 0 Å². The Bertz CT molecular complexity index is 434. The van der Waals surface area contributed by atoms with Crippen LogP contribution in [0.3, 0.4) is 0 Å². The van der Waals surface area contributed by atoms with Gasteiger partial charge in [0.25, 0.3) is 0 Å². The molecule has 0 aliphatic carbocycles. The number of hydrogen-bond donors (Lipinski definition) is 2. The van der Waals surface area contributed by atoms with Gasteiger partial charge < -0.3 is 10.4 Å². The predicted octanol–water partition coefficient (Wildman–Crippen LogP) is 1.63. The van der Waals surface area contributed by atoms with Gasteiger partial charge in [-0.2, -0.15) is 0 Å². The molecule has 2 N–H and O–H groups in total. The van der Waals surface area contributed by atoms with Gasteiger partial charge in [0.2, 0.25) is 0 Å². The Balaban J connectivity index is 1.85. The summed E-state index contributed by atoms with van der Waals surface area (Å²) in [6.45, 7) is 5.15. The van der Waals surface area contributed by atoms with Gasteiger partial charge in [0.15, 0.2) is 0 Å². The van der Waals surface area contributed by atoms with Crippen molar-refractivity contribution < 1.29 is 9.90 Å². The summed E-state index contributed by atoms with van der Waals surface area (Å²) in [6, 6.07) is 8.87. The Labute approximate surface area is 114 Å². The summed E-state index contributed by atoms with van der Waals surface area (Å²) < 4.78 is 0. The van der Waals surface area contributed by atoms with Crippen molar-refractivity contribution in [2.75, 3.05) is 19.6 Å². The Kier molecular flexibility index (Phi) is 4.93. The van der Waals surface area contributed by atoms with Gasteiger partial charge in [-0.3, -0.25) is 9.69 Å². The summed E-state index contributed by atoms with van der Waals surface area (Å²) in [5.74, 6) is -0.782. The van der Waals surface area contributed by atoms with Crippen LogP contribution in [0.2, 0.25) is 0 Å². The van der Waals surface area contributed by atoms with Crippen LogP contribution in [0.4, 0.5) is 0 Å². The van der Waals surface area contributed by atoms with E-state index in [9.17, 15) is 4.79 Å². The van der Waals surface area contributed by atoms with E-state index in [-0.39, 0.29) is 6.54 Å². The molecular formula is C15H22N2O2. The van der Waals surface area contributed by atoms with Gasteiger partial charge in [-0.25, -0.2) is 0 Å². The average Bonchev–Trinajstić information content (AvgIpc) is 2.37. The summed E-state index contributed by atoms with van der Waals surface area (Å²) in [5, 5.41) is 11.8. The number of rotatable bonds is 5. The Morgan fingerprint density at radius 3 is 3.11 bits per heavy atom. The molecule has 1 atom stereocenters. The third-order valence-corrected chi connectivity index (χ3v) is 3.54. The van der Waals surface area contributed by atoms with E-state index < -0.39 is 5.97 Å². The number of hydrogen-bond acceptors (Lipinski definition) is 3. The molecule has 1 aliphatic rings. The van der Waals surface area contributed by atoms with Crippen molar-refractivity contribution in [1.29, 1.82) is 0 Å². The number of nitrogens with zero attached hydrogens (tertiary/aromatic N) is 1. The van der Waals surface area contributed by atoms with Gasteiger partial charge in [0.05, 0.1) is 6.54 Å². The van der Waals surface area contributed by atoms with Crippen LogP contribution in [0, 0.1) is 6.92 Å². The van der Waals surface area contributed by atoms with Gasteiger partial charge in [0.1, 0.15) is 0 Å². The second-order valence-electron chi connectivity index (χ2n) is 5.34. The monoisotopic (exact) mass is 262 g/mol. The number of carboxylic acid groups (broad SMARTS) is 1. The molecule has 1 heterocycles. The molecule has 4 nitrogen and oxygen atoms in total. The molecule has 0 aromatic heterocycles. The van der Waals surface area contributed by atoms with Gasteiger partial charge in [-0.1, -0.05) is 29.8 Å². The Hall–Kier alpha value is -1.39. The minimum atomic E-state index is -0.782. The maximum atomic E-state index is 10.6. The molecule has 104 valence electrons. The fourth-order valence-electron chi connectivity index (χ4n) is 2.67. The second-order valence-corrected chi connectivity index (χ2v) is 5.34. The van der Waals surface area contributed by atoms with Crippen molar-refractivity contribution in [3.05, 3.63) is 35.4 Å². The van der Waals surface area contributed by atoms with E-state index in [1.165, 1.54) is 11.1 Å². The largest absolute Gasteiger partial charge is 0.480 e. The van der Waals surface area contributed by atoms with Crippen molar-refractivity contribution in [2.45, 2.75) is 32.4 Å². The van der Waals surface area contributed by atoms with Crippen molar-refractivity contribution in [3.63, 3.8) is 0 Å². The molecule has 0 radical (unpaired) electrons. The molecule has 0 bridgehead atoms. The van der Waals surface area contributed by atoms with Crippen LogP contribution in [0.1, 0.15) is 24.0 Å². The minimum absolute atomic E-state index is 0.0585. The smallest absolute Gasteiger partial charge is 0.317 e. The number of likely N-dealkylation sites (tertiary alicyclic amines) is 1. The van der Waals surface area contributed by atoms with Crippen LogP contribution in [0.15, 0.2) is 24.3 Å². The molecular weight excluding hydrogens is 240 g/mol. The summed E-state index contributed by atoms with van der Waals surface area (Å²) in [7, 11) is 0. The molecule has 1 saturated heterocycles. The number of aryl methyl sites for hydroxylation is 1. The molecule has 1 aromatic carbocycles. The highest BCUT2D eigenvalue weighted by Gasteiger charge is 2.19. The normalized spacial score (nSPS) is 20.4. The topological polar surface area (TPSA) is 52.6 Å². The van der Waals surface area contributed by atoms with Crippen molar-refractivity contribution >= 4 is 5.97 Å². The predicted molar refractivity (Wildman–Crippen MR) is 75.1 cm³/mol. The number of piperidine rings is 1. The lowest BCUT2D eigenvalue weighted by Crippen LogP contribution is -2.46. The summed E-state index contributed by atoms with van der Waals surface area (Å²) >= 11 is 0. The first kappa shape index (κ1) is 14.0. The molecule has 1 aliphatic heterocycles. The lowest BCUT2D eigenvalue weighted by atomic mass is 10.0. The van der Waals surface area contributed by atoms with E-state index in [4.69, 9.17) is 5.11 Å². The number of aliphatic carboxylic acids is 1. The number of benzene rings is 1. The van der Waals surface area contributed by atoms with Crippen LogP contribution < -0.4 is 5.32 Å². The SMILES string of the molecule is Cc1cccc(CN2CCCC(NCC(=O)O)C2)c1. The number of carboxylic acids is 1. The van der Waals surface area contributed by atoms with Gasteiger partial charge in [0, 0.05) is 19.1 Å². The summed E-state index contributed by atoms with van der Waals surface area (Å²) in [5.41, 5.74) is 2.62. The van der Waals surface area contributed by atoms with Crippen molar-refractivity contribution in [1.82, 2.24) is 10.2 Å². The lowest BCUT2D eigenvalue weighted by molar-refractivity contribution is -0.136. The Morgan fingerprint density at radius 2 is 2.37 bits per heavy atom. The first-order chi connectivity index (χ1) is 9.13. The second kappa shape index (κ2) is 6.68. The zero-order valence-corrected chi connectivity index (χ0v) is 11.4. The molecule has 0 amide bonds. The van der Waals surface area contributed by atoms with Crippen molar-refractivity contribution in [2.24, 2.45) is 0 Å². The lowest BCUT2D eigenvalue weighted by Gasteiger charge is -2.33. The molecule has 19 heavy (non-hydrogen) atoms. The summed E-state index contributed by atoms with van der Waals surface area (Å²) in [4.78, 5) is 13.0. The average molecular weight is 262 g/mol. The van der Waals surface area contributed by atoms with Crippen LogP contribution in [0.25, 0.3) is 0 Å². The first-order valence-electron chi connectivity index (χ1n) is 6.86. The third kappa shape index (κ3) is 4.65. The third-order valence-electron chi connectivity index (χ3n) is 3.54. The maximum Gasteiger partial charge on any atom is 0.317 e. The molecule has 0 spiro atoms. The fourth-order valence-corrected chi connectivity index (χ4v) is 2.67. The van der Waals surface area contributed by atoms with Gasteiger partial charge >= 0.3 is 5.97 Å². The fraction of sp³-hybridized carbons (Fsp3) is 0.533. The van der Waals surface area contributed by atoms with E-state index in [0.29, 0.717) is 6.04 Å². The first-order valence-corrected chi connectivity index (χ1v) is 6.86. The quantitative estimate of drug-likeness (QED) is 0.847. The molecule has 0 saturated carbocycles. The Morgan fingerprint density at radius 1 is 1.53 bits per heavy atom. The van der Waals surface area contributed by atoms with Gasteiger partial charge in [-0.05, 0) is 31.9 Å². The number of carbonyl (C=O) groups is 1. The number of nitrogens with one attached hydrogen (secondary N) is 1. The molecule has 1 unspecified atom stereocenters. The zero-order chi connectivity index (χ0) is 13.7. The highest BCUT2D eigenvalue weighted by Crippen LogP contribution is 2.14. The zero-order valence-electron chi connectivity index (χ0n) is 11.4. The summed E-state index contributed by atoms with van der Waals surface area (Å²) in [6.07, 6.45) is 2.20. The van der Waals surface area contributed by atoms with E-state index in [2.05, 4.69) is 41.4 Å². The highest BCUT2D eigenvalue weighted by molar-refractivity contribution is 5.69. The van der Waals surface area contributed by atoms with E-state index in [0.717, 1.165) is 32.5 Å². The molecule has 2 rings (SSSR count). The highest BCUT2D eigenvalue weighted by atomic mass is 16.4. The van der Waals surface area contributed by atoms with Crippen LogP contribution in [-0.2, 0) is 11.3 Å².